The Kier molecular flexibility index (Phi) is 2.07. The predicted octanol–water partition coefficient (Wildman–Crippen LogP) is 2.81. The molecule has 0 aliphatic heterocycles. The van der Waals surface area contributed by atoms with E-state index in [9.17, 15) is 8.78 Å². The van der Waals surface area contributed by atoms with E-state index in [2.05, 4.69) is 10.3 Å². The van der Waals surface area contributed by atoms with Crippen molar-refractivity contribution in [1.29, 1.82) is 0 Å². The van der Waals surface area contributed by atoms with Gasteiger partial charge < -0.3 is 9.73 Å². The lowest BCUT2D eigenvalue weighted by Gasteiger charge is -1.96. The topological polar surface area (TPSA) is 38.1 Å². The normalized spacial score (nSPS) is 11.1. The van der Waals surface area contributed by atoms with Crippen molar-refractivity contribution in [1.82, 2.24) is 4.98 Å². The summed E-state index contributed by atoms with van der Waals surface area (Å²) in [5.41, 5.74) is 1.62. The average molecular weight is 198 g/mol. The lowest BCUT2D eigenvalue weighted by Crippen LogP contribution is -1.86. The molecule has 0 fully saturated rings. The highest BCUT2D eigenvalue weighted by molar-refractivity contribution is 5.77. The first-order valence-electron chi connectivity index (χ1n) is 4.07. The van der Waals surface area contributed by atoms with Crippen molar-refractivity contribution in [2.75, 3.05) is 12.4 Å². The molecular formula is C9H8F2N2O. The van der Waals surface area contributed by atoms with Crippen LogP contribution in [0.2, 0.25) is 0 Å². The monoisotopic (exact) mass is 198 g/mol. The van der Waals surface area contributed by atoms with E-state index in [0.29, 0.717) is 11.1 Å². The van der Waals surface area contributed by atoms with Crippen LogP contribution in [0.25, 0.3) is 11.1 Å². The standard InChI is InChI=1S/C9H8F2N2O/c1-12-5-2-3-7-6(4-5)13-9(14-7)8(10)11/h2-4,8,12H,1H3. The first kappa shape index (κ1) is 8.93. The molecule has 0 aliphatic rings. The van der Waals surface area contributed by atoms with Gasteiger partial charge in [-0.2, -0.15) is 8.78 Å². The number of fused-ring (bicyclic) bond motifs is 1. The van der Waals surface area contributed by atoms with E-state index in [0.717, 1.165) is 5.69 Å². The lowest BCUT2D eigenvalue weighted by atomic mass is 10.3. The van der Waals surface area contributed by atoms with Crippen molar-refractivity contribution in [2.24, 2.45) is 0 Å². The predicted molar refractivity (Wildman–Crippen MR) is 48.5 cm³/mol. The van der Waals surface area contributed by atoms with Crippen molar-refractivity contribution >= 4 is 16.8 Å². The van der Waals surface area contributed by atoms with Gasteiger partial charge >= 0.3 is 6.43 Å². The third kappa shape index (κ3) is 1.41. The van der Waals surface area contributed by atoms with Crippen molar-refractivity contribution < 1.29 is 13.2 Å². The molecule has 0 bridgehead atoms. The Morgan fingerprint density at radius 1 is 1.43 bits per heavy atom. The van der Waals surface area contributed by atoms with Crippen LogP contribution in [-0.4, -0.2) is 12.0 Å². The first-order chi connectivity index (χ1) is 6.70. The minimum atomic E-state index is -2.67. The molecule has 74 valence electrons. The minimum absolute atomic E-state index is 0.374. The molecule has 0 spiro atoms. The maximum atomic E-state index is 12.2. The molecule has 1 heterocycles. The zero-order valence-corrected chi connectivity index (χ0v) is 7.42. The number of hydrogen-bond donors (Lipinski definition) is 1. The third-order valence-corrected chi connectivity index (χ3v) is 1.88. The fourth-order valence-electron chi connectivity index (χ4n) is 1.19. The van der Waals surface area contributed by atoms with E-state index in [4.69, 9.17) is 4.42 Å². The summed E-state index contributed by atoms with van der Waals surface area (Å²) in [5, 5.41) is 2.89. The average Bonchev–Trinajstić information content (AvgIpc) is 2.59. The molecule has 1 aromatic carbocycles. The number of oxazole rings is 1. The largest absolute Gasteiger partial charge is 0.435 e. The minimum Gasteiger partial charge on any atom is -0.435 e. The highest BCUT2D eigenvalue weighted by Gasteiger charge is 2.15. The molecule has 1 aromatic heterocycles. The van der Waals surface area contributed by atoms with Crippen molar-refractivity contribution in [3.63, 3.8) is 0 Å². The van der Waals surface area contributed by atoms with Crippen molar-refractivity contribution in [3.8, 4) is 0 Å². The van der Waals surface area contributed by atoms with E-state index in [1.165, 1.54) is 0 Å². The summed E-state index contributed by atoms with van der Waals surface area (Å²) in [6.45, 7) is 0. The van der Waals surface area contributed by atoms with Crippen LogP contribution in [0.3, 0.4) is 0 Å². The van der Waals surface area contributed by atoms with Crippen molar-refractivity contribution in [2.45, 2.75) is 6.43 Å². The van der Waals surface area contributed by atoms with Crippen molar-refractivity contribution in [3.05, 3.63) is 24.1 Å². The summed E-state index contributed by atoms with van der Waals surface area (Å²) in [6, 6.07) is 5.01. The fraction of sp³-hybridized carbons (Fsp3) is 0.222. The van der Waals surface area contributed by atoms with Gasteiger partial charge in [-0.1, -0.05) is 0 Å². The Hall–Kier alpha value is -1.65. The Labute approximate surface area is 78.7 Å². The van der Waals surface area contributed by atoms with E-state index in [1.54, 1.807) is 25.2 Å². The fourth-order valence-corrected chi connectivity index (χ4v) is 1.19. The van der Waals surface area contributed by atoms with E-state index < -0.39 is 12.3 Å². The molecule has 5 heteroatoms. The summed E-state index contributed by atoms with van der Waals surface area (Å²) >= 11 is 0. The Bertz CT molecular complexity index is 453. The quantitative estimate of drug-likeness (QED) is 0.806. The molecule has 0 radical (unpaired) electrons. The number of nitrogens with zero attached hydrogens (tertiary/aromatic N) is 1. The molecule has 2 aromatic rings. The number of rotatable bonds is 2. The maximum absolute atomic E-state index is 12.2. The van der Waals surface area contributed by atoms with Crippen LogP contribution in [0.15, 0.2) is 22.6 Å². The van der Waals surface area contributed by atoms with E-state index >= 15 is 0 Å². The zero-order valence-electron chi connectivity index (χ0n) is 7.42. The van der Waals surface area contributed by atoms with E-state index in [-0.39, 0.29) is 0 Å². The Morgan fingerprint density at radius 3 is 2.86 bits per heavy atom. The molecule has 0 amide bonds. The number of benzene rings is 1. The number of halogens is 2. The van der Waals surface area contributed by atoms with Crippen LogP contribution < -0.4 is 5.32 Å². The van der Waals surface area contributed by atoms with Crippen LogP contribution >= 0.6 is 0 Å². The van der Waals surface area contributed by atoms with Crippen LogP contribution in [0.5, 0.6) is 0 Å². The highest BCUT2D eigenvalue weighted by atomic mass is 19.3. The number of aromatic nitrogens is 1. The second-order valence-electron chi connectivity index (χ2n) is 2.79. The summed E-state index contributed by atoms with van der Waals surface area (Å²) in [7, 11) is 1.75. The maximum Gasteiger partial charge on any atom is 0.313 e. The number of alkyl halides is 2. The molecule has 14 heavy (non-hydrogen) atoms. The number of hydrogen-bond acceptors (Lipinski definition) is 3. The highest BCUT2D eigenvalue weighted by Crippen LogP contribution is 2.25. The van der Waals surface area contributed by atoms with E-state index in [1.807, 2.05) is 0 Å². The number of anilines is 1. The van der Waals surface area contributed by atoms with Gasteiger partial charge in [0.2, 0.25) is 0 Å². The molecular weight excluding hydrogens is 190 g/mol. The molecule has 3 nitrogen and oxygen atoms in total. The third-order valence-electron chi connectivity index (χ3n) is 1.88. The van der Waals surface area contributed by atoms with Crippen LogP contribution in [-0.2, 0) is 0 Å². The van der Waals surface area contributed by atoms with Gasteiger partial charge in [0, 0.05) is 12.7 Å². The molecule has 0 unspecified atom stereocenters. The van der Waals surface area contributed by atoms with Crippen LogP contribution in [0.4, 0.5) is 14.5 Å². The first-order valence-corrected chi connectivity index (χ1v) is 4.07. The number of nitrogens with one attached hydrogen (secondary N) is 1. The van der Waals surface area contributed by atoms with Gasteiger partial charge in [-0.25, -0.2) is 4.98 Å². The summed E-state index contributed by atoms with van der Waals surface area (Å²) in [6.07, 6.45) is -2.67. The molecule has 0 saturated heterocycles. The second kappa shape index (κ2) is 3.25. The van der Waals surface area contributed by atoms with Gasteiger partial charge in [-0.05, 0) is 18.2 Å². The van der Waals surface area contributed by atoms with Gasteiger partial charge in [0.15, 0.2) is 5.58 Å². The van der Waals surface area contributed by atoms with Gasteiger partial charge in [-0.3, -0.25) is 0 Å². The molecule has 0 atom stereocenters. The summed E-state index contributed by atoms with van der Waals surface area (Å²) < 4.78 is 29.3. The molecule has 2 rings (SSSR count). The Morgan fingerprint density at radius 2 is 2.21 bits per heavy atom. The van der Waals surface area contributed by atoms with Gasteiger partial charge in [0.1, 0.15) is 5.52 Å². The SMILES string of the molecule is CNc1ccc2oc(C(F)F)nc2c1. The molecule has 0 aliphatic carbocycles. The summed E-state index contributed by atoms with van der Waals surface area (Å²) in [4.78, 5) is 3.66. The molecule has 0 saturated carbocycles. The van der Waals surface area contributed by atoms with Gasteiger partial charge in [-0.15, -0.1) is 0 Å². The summed E-state index contributed by atoms with van der Waals surface area (Å²) in [5.74, 6) is -0.534. The smallest absolute Gasteiger partial charge is 0.313 e. The van der Waals surface area contributed by atoms with Gasteiger partial charge in [0.25, 0.3) is 5.89 Å². The van der Waals surface area contributed by atoms with Crippen LogP contribution in [0, 0.1) is 0 Å². The zero-order chi connectivity index (χ0) is 10.1. The second-order valence-corrected chi connectivity index (χ2v) is 2.79. The Balaban J connectivity index is 2.54. The lowest BCUT2D eigenvalue weighted by molar-refractivity contribution is 0.117. The molecule has 1 N–H and O–H groups in total. The van der Waals surface area contributed by atoms with Gasteiger partial charge in [0.05, 0.1) is 0 Å². The van der Waals surface area contributed by atoms with Crippen LogP contribution in [0.1, 0.15) is 12.3 Å².